The minimum atomic E-state index is 0.544. The van der Waals surface area contributed by atoms with Gasteiger partial charge in [0.25, 0.3) is 0 Å². The number of hydrogen-bond acceptors (Lipinski definition) is 2. The van der Waals surface area contributed by atoms with Crippen LogP contribution in [0.4, 0.5) is 0 Å². The van der Waals surface area contributed by atoms with Gasteiger partial charge in [0.05, 0.1) is 0 Å². The summed E-state index contributed by atoms with van der Waals surface area (Å²) in [5.74, 6) is 0.984. The first-order valence-corrected chi connectivity index (χ1v) is 7.28. The van der Waals surface area contributed by atoms with Gasteiger partial charge in [-0.05, 0) is 32.8 Å². The Morgan fingerprint density at radius 2 is 2.00 bits per heavy atom. The normalized spacial score (nSPS) is 19.5. The van der Waals surface area contributed by atoms with E-state index in [0.717, 1.165) is 12.3 Å². The van der Waals surface area contributed by atoms with Gasteiger partial charge < -0.3 is 5.32 Å². The Bertz CT molecular complexity index is 358. The molecule has 0 radical (unpaired) electrons. The van der Waals surface area contributed by atoms with Crippen molar-refractivity contribution in [2.75, 3.05) is 7.05 Å². The fourth-order valence-electron chi connectivity index (χ4n) is 2.15. The number of amidine groups is 1. The molecule has 3 heteroatoms. The molecular weight excluding hydrogens is 234 g/mol. The first-order valence-electron chi connectivity index (χ1n) is 7.28. The van der Waals surface area contributed by atoms with Crippen LogP contribution in [0.25, 0.3) is 0 Å². The van der Waals surface area contributed by atoms with E-state index >= 15 is 0 Å². The van der Waals surface area contributed by atoms with E-state index in [2.05, 4.69) is 35.2 Å². The van der Waals surface area contributed by atoms with E-state index in [1.165, 1.54) is 37.7 Å². The summed E-state index contributed by atoms with van der Waals surface area (Å²) in [6, 6.07) is 0.544. The number of allylic oxidation sites excluding steroid dienone is 2. The number of nitrogens with zero attached hydrogens (tertiary/aromatic N) is 2. The summed E-state index contributed by atoms with van der Waals surface area (Å²) in [7, 11) is 1.81. The second-order valence-corrected chi connectivity index (χ2v) is 5.08. The lowest BCUT2D eigenvalue weighted by molar-refractivity contribution is 0.444. The molecule has 0 bridgehead atoms. The molecule has 0 aromatic rings. The molecule has 0 amide bonds. The van der Waals surface area contributed by atoms with E-state index in [9.17, 15) is 0 Å². The zero-order chi connectivity index (χ0) is 13.9. The van der Waals surface area contributed by atoms with Crippen LogP contribution in [0.1, 0.15) is 52.4 Å². The van der Waals surface area contributed by atoms with Gasteiger partial charge in [0.1, 0.15) is 5.84 Å². The molecule has 1 aliphatic rings. The molecule has 1 aliphatic carbocycles. The van der Waals surface area contributed by atoms with Gasteiger partial charge in [0.2, 0.25) is 0 Å². The van der Waals surface area contributed by atoms with Crippen molar-refractivity contribution >= 4 is 12.1 Å². The summed E-state index contributed by atoms with van der Waals surface area (Å²) < 4.78 is 0. The molecule has 1 saturated carbocycles. The zero-order valence-corrected chi connectivity index (χ0v) is 12.5. The first-order chi connectivity index (χ1) is 9.26. The summed E-state index contributed by atoms with van der Waals surface area (Å²) >= 11 is 0. The topological polar surface area (TPSA) is 36.8 Å². The molecule has 1 N–H and O–H groups in total. The second-order valence-electron chi connectivity index (χ2n) is 5.08. The molecule has 0 aliphatic heterocycles. The average molecular weight is 261 g/mol. The van der Waals surface area contributed by atoms with Gasteiger partial charge in [-0.1, -0.05) is 30.9 Å². The Hall–Kier alpha value is -1.38. The van der Waals surface area contributed by atoms with E-state index < -0.39 is 0 Å². The third kappa shape index (κ3) is 6.94. The third-order valence-electron chi connectivity index (χ3n) is 3.51. The molecule has 0 spiro atoms. The quantitative estimate of drug-likeness (QED) is 0.455. The third-order valence-corrected chi connectivity index (χ3v) is 3.51. The highest BCUT2D eigenvalue weighted by molar-refractivity contribution is 5.85. The summed E-state index contributed by atoms with van der Waals surface area (Å²) in [5, 5.41) is 3.21. The smallest absolute Gasteiger partial charge is 0.104 e. The zero-order valence-electron chi connectivity index (χ0n) is 12.5. The fraction of sp³-hybridized carbons (Fsp3) is 0.625. The van der Waals surface area contributed by atoms with Gasteiger partial charge in [-0.2, -0.15) is 0 Å². The highest BCUT2D eigenvalue weighted by Gasteiger charge is 2.09. The van der Waals surface area contributed by atoms with Crippen molar-refractivity contribution in [3.63, 3.8) is 0 Å². The van der Waals surface area contributed by atoms with Gasteiger partial charge in [-0.15, -0.1) is 0 Å². The van der Waals surface area contributed by atoms with E-state index in [1.54, 1.807) is 0 Å². The van der Waals surface area contributed by atoms with Crippen molar-refractivity contribution in [3.05, 3.63) is 23.9 Å². The van der Waals surface area contributed by atoms with E-state index in [-0.39, 0.29) is 0 Å². The van der Waals surface area contributed by atoms with Crippen molar-refractivity contribution < 1.29 is 0 Å². The number of rotatable bonds is 5. The molecule has 1 fully saturated rings. The van der Waals surface area contributed by atoms with Gasteiger partial charge in [-0.25, -0.2) is 0 Å². The van der Waals surface area contributed by atoms with Crippen molar-refractivity contribution in [1.29, 1.82) is 0 Å². The lowest BCUT2D eigenvalue weighted by atomic mass is 9.96. The van der Waals surface area contributed by atoms with Gasteiger partial charge in [0.15, 0.2) is 0 Å². The summed E-state index contributed by atoms with van der Waals surface area (Å²) in [4.78, 5) is 8.81. The van der Waals surface area contributed by atoms with Crippen molar-refractivity contribution in [2.24, 2.45) is 9.98 Å². The molecule has 0 atom stereocenters. The summed E-state index contributed by atoms with van der Waals surface area (Å²) in [5.41, 5.74) is 1.32. The van der Waals surface area contributed by atoms with Crippen LogP contribution >= 0.6 is 0 Å². The van der Waals surface area contributed by atoms with Crippen molar-refractivity contribution in [1.82, 2.24) is 5.32 Å². The Morgan fingerprint density at radius 3 is 2.63 bits per heavy atom. The Morgan fingerprint density at radius 1 is 1.26 bits per heavy atom. The predicted molar refractivity (Wildman–Crippen MR) is 85.0 cm³/mol. The van der Waals surface area contributed by atoms with E-state index in [1.807, 2.05) is 25.5 Å². The van der Waals surface area contributed by atoms with Crippen LogP contribution in [0.5, 0.6) is 0 Å². The SMILES string of the molecule is C/C=C(\C)CC(=NC)NC=CC=NC1CCCCC1. The van der Waals surface area contributed by atoms with Crippen molar-refractivity contribution in [3.8, 4) is 0 Å². The standard InChI is InChI=1S/C16H27N3/c1-4-14(2)13-16(17-3)19-12-8-11-18-15-9-6-5-7-10-15/h4,8,11-12,15H,5-7,9-10,13H2,1-3H3,(H,17,19)/b12-8?,14-4+,18-11?. The van der Waals surface area contributed by atoms with Crippen LogP contribution < -0.4 is 5.32 Å². The molecule has 1 rings (SSSR count). The lowest BCUT2D eigenvalue weighted by Crippen LogP contribution is -2.17. The fourth-order valence-corrected chi connectivity index (χ4v) is 2.15. The maximum atomic E-state index is 4.58. The number of hydrogen-bond donors (Lipinski definition) is 1. The van der Waals surface area contributed by atoms with Crippen LogP contribution in [0, 0.1) is 0 Å². The van der Waals surface area contributed by atoms with Crippen LogP contribution in [-0.2, 0) is 0 Å². The minimum Gasteiger partial charge on any atom is -0.350 e. The predicted octanol–water partition coefficient (Wildman–Crippen LogP) is 3.88. The molecule has 0 unspecified atom stereocenters. The molecule has 0 saturated heterocycles. The van der Waals surface area contributed by atoms with Crippen LogP contribution in [0.2, 0.25) is 0 Å². The highest BCUT2D eigenvalue weighted by Crippen LogP contribution is 2.19. The molecular formula is C16H27N3. The van der Waals surface area contributed by atoms with E-state index in [4.69, 9.17) is 0 Å². The van der Waals surface area contributed by atoms with E-state index in [0.29, 0.717) is 6.04 Å². The van der Waals surface area contributed by atoms with Gasteiger partial charge in [0, 0.05) is 31.9 Å². The van der Waals surface area contributed by atoms with Gasteiger partial charge in [-0.3, -0.25) is 9.98 Å². The van der Waals surface area contributed by atoms with Gasteiger partial charge >= 0.3 is 0 Å². The average Bonchev–Trinajstić information content (AvgIpc) is 2.46. The molecule has 0 heterocycles. The maximum absolute atomic E-state index is 4.58. The maximum Gasteiger partial charge on any atom is 0.104 e. The summed E-state index contributed by atoms with van der Waals surface area (Å²) in [6.07, 6.45) is 15.3. The molecule has 19 heavy (non-hydrogen) atoms. The molecule has 106 valence electrons. The molecule has 3 nitrogen and oxygen atoms in total. The number of nitrogens with one attached hydrogen (secondary N) is 1. The largest absolute Gasteiger partial charge is 0.350 e. The minimum absolute atomic E-state index is 0.544. The molecule has 0 aromatic carbocycles. The first kappa shape index (κ1) is 15.7. The van der Waals surface area contributed by atoms with Crippen LogP contribution in [0.3, 0.4) is 0 Å². The monoisotopic (exact) mass is 261 g/mol. The second kappa shape index (κ2) is 9.54. The highest BCUT2D eigenvalue weighted by atomic mass is 15.0. The van der Waals surface area contributed by atoms with Crippen LogP contribution in [-0.4, -0.2) is 25.1 Å². The Labute approximate surface area is 117 Å². The molecule has 0 aromatic heterocycles. The Kier molecular flexibility index (Phi) is 7.87. The van der Waals surface area contributed by atoms with Crippen LogP contribution in [0.15, 0.2) is 33.9 Å². The van der Waals surface area contributed by atoms with Crippen molar-refractivity contribution in [2.45, 2.75) is 58.4 Å². The Balaban J connectivity index is 2.29. The summed E-state index contributed by atoms with van der Waals surface area (Å²) in [6.45, 7) is 4.16. The lowest BCUT2D eigenvalue weighted by Gasteiger charge is -2.16. The number of aliphatic imine (C=N–C) groups is 2.